The Kier molecular flexibility index (Phi) is 2.73. The smallest absolute Gasteiger partial charge is 0.227 e. The molecular formula is C12H16N2O2. The van der Waals surface area contributed by atoms with Crippen molar-refractivity contribution in [2.24, 2.45) is 11.8 Å². The lowest BCUT2D eigenvalue weighted by Gasteiger charge is -2.12. The molecule has 2 rings (SSSR count). The van der Waals surface area contributed by atoms with E-state index < -0.39 is 0 Å². The SMILES string of the molecule is CC(C(=O)Nc1ccc(O)cc1N)C1CC1. The summed E-state index contributed by atoms with van der Waals surface area (Å²) < 4.78 is 0. The summed E-state index contributed by atoms with van der Waals surface area (Å²) in [5, 5.41) is 12.0. The Bertz CT molecular complexity index is 413. The predicted octanol–water partition coefficient (Wildman–Crippen LogP) is 1.96. The minimum Gasteiger partial charge on any atom is -0.508 e. The van der Waals surface area contributed by atoms with Gasteiger partial charge < -0.3 is 16.2 Å². The number of hydrogen-bond donors (Lipinski definition) is 3. The summed E-state index contributed by atoms with van der Waals surface area (Å²) in [5.74, 6) is 0.664. The molecule has 0 radical (unpaired) electrons. The van der Waals surface area contributed by atoms with Gasteiger partial charge in [0.1, 0.15) is 5.75 Å². The van der Waals surface area contributed by atoms with Crippen LogP contribution in [0.2, 0.25) is 0 Å². The normalized spacial score (nSPS) is 16.8. The highest BCUT2D eigenvalue weighted by molar-refractivity contribution is 5.95. The number of nitrogen functional groups attached to an aromatic ring is 1. The molecule has 1 amide bonds. The van der Waals surface area contributed by atoms with E-state index in [9.17, 15) is 9.90 Å². The van der Waals surface area contributed by atoms with Crippen molar-refractivity contribution in [3.8, 4) is 5.75 Å². The minimum absolute atomic E-state index is 0.000102. The number of anilines is 2. The van der Waals surface area contributed by atoms with E-state index >= 15 is 0 Å². The van der Waals surface area contributed by atoms with Crippen LogP contribution in [0.5, 0.6) is 5.75 Å². The summed E-state index contributed by atoms with van der Waals surface area (Å²) in [6.07, 6.45) is 2.28. The van der Waals surface area contributed by atoms with Gasteiger partial charge in [-0.2, -0.15) is 0 Å². The highest BCUT2D eigenvalue weighted by Crippen LogP contribution is 2.37. The maximum atomic E-state index is 11.8. The van der Waals surface area contributed by atoms with Gasteiger partial charge in [-0.1, -0.05) is 6.92 Å². The Morgan fingerprint density at radius 1 is 1.56 bits per heavy atom. The number of hydrogen-bond acceptors (Lipinski definition) is 3. The maximum absolute atomic E-state index is 11.8. The molecule has 1 aromatic rings. The third-order valence-corrected chi connectivity index (χ3v) is 3.04. The molecule has 1 atom stereocenters. The fourth-order valence-corrected chi connectivity index (χ4v) is 1.72. The van der Waals surface area contributed by atoms with Crippen LogP contribution in [0.25, 0.3) is 0 Å². The van der Waals surface area contributed by atoms with E-state index in [4.69, 9.17) is 5.73 Å². The Morgan fingerprint density at radius 3 is 2.81 bits per heavy atom. The van der Waals surface area contributed by atoms with E-state index in [1.165, 1.54) is 12.1 Å². The number of rotatable bonds is 3. The number of amides is 1. The van der Waals surface area contributed by atoms with E-state index in [0.29, 0.717) is 17.3 Å². The van der Waals surface area contributed by atoms with Gasteiger partial charge in [0.05, 0.1) is 11.4 Å². The first-order chi connectivity index (χ1) is 7.58. The zero-order valence-electron chi connectivity index (χ0n) is 9.23. The van der Waals surface area contributed by atoms with E-state index in [1.807, 2.05) is 6.92 Å². The zero-order chi connectivity index (χ0) is 11.7. The standard InChI is InChI=1S/C12H16N2O2/c1-7(8-2-3-8)12(16)14-11-5-4-9(15)6-10(11)13/h4-8,15H,2-3,13H2,1H3,(H,14,16). The van der Waals surface area contributed by atoms with E-state index in [0.717, 1.165) is 12.8 Å². The largest absolute Gasteiger partial charge is 0.508 e. The molecule has 1 aliphatic rings. The molecule has 86 valence electrons. The van der Waals surface area contributed by atoms with Gasteiger partial charge in [-0.05, 0) is 30.9 Å². The summed E-state index contributed by atoms with van der Waals surface area (Å²) in [6.45, 7) is 1.93. The molecule has 1 saturated carbocycles. The van der Waals surface area contributed by atoms with Crippen LogP contribution in [-0.4, -0.2) is 11.0 Å². The van der Waals surface area contributed by atoms with Crippen LogP contribution in [0.3, 0.4) is 0 Å². The number of phenolic OH excluding ortho intramolecular Hbond substituents is 1. The topological polar surface area (TPSA) is 75.3 Å². The first kappa shape index (κ1) is 10.8. The molecule has 0 heterocycles. The van der Waals surface area contributed by atoms with Gasteiger partial charge in [0.25, 0.3) is 0 Å². The van der Waals surface area contributed by atoms with Crippen molar-refractivity contribution < 1.29 is 9.90 Å². The minimum atomic E-state index is -0.000102. The highest BCUT2D eigenvalue weighted by Gasteiger charge is 2.32. The van der Waals surface area contributed by atoms with Crippen molar-refractivity contribution >= 4 is 17.3 Å². The first-order valence-electron chi connectivity index (χ1n) is 5.47. The molecule has 4 nitrogen and oxygen atoms in total. The summed E-state index contributed by atoms with van der Waals surface area (Å²) in [4.78, 5) is 11.8. The second-order valence-corrected chi connectivity index (χ2v) is 4.39. The molecule has 0 aromatic heterocycles. The molecule has 0 saturated heterocycles. The van der Waals surface area contributed by atoms with Gasteiger partial charge in [0, 0.05) is 12.0 Å². The summed E-state index contributed by atoms with van der Waals surface area (Å²) in [7, 11) is 0. The second-order valence-electron chi connectivity index (χ2n) is 4.39. The zero-order valence-corrected chi connectivity index (χ0v) is 9.23. The number of carbonyl (C=O) groups is 1. The Balaban J connectivity index is 2.05. The fraction of sp³-hybridized carbons (Fsp3) is 0.417. The van der Waals surface area contributed by atoms with Crippen LogP contribution < -0.4 is 11.1 Å². The van der Waals surface area contributed by atoms with Crippen LogP contribution in [0.4, 0.5) is 11.4 Å². The highest BCUT2D eigenvalue weighted by atomic mass is 16.3. The van der Waals surface area contributed by atoms with Crippen molar-refractivity contribution in [1.82, 2.24) is 0 Å². The third kappa shape index (κ3) is 2.27. The van der Waals surface area contributed by atoms with Crippen LogP contribution >= 0.6 is 0 Å². The van der Waals surface area contributed by atoms with Crippen LogP contribution in [0.1, 0.15) is 19.8 Å². The van der Waals surface area contributed by atoms with Gasteiger partial charge in [-0.15, -0.1) is 0 Å². The number of nitrogens with one attached hydrogen (secondary N) is 1. The van der Waals surface area contributed by atoms with Gasteiger partial charge >= 0.3 is 0 Å². The van der Waals surface area contributed by atoms with Crippen LogP contribution in [0, 0.1) is 11.8 Å². The molecule has 1 aromatic carbocycles. The quantitative estimate of drug-likeness (QED) is 0.538. The van der Waals surface area contributed by atoms with Crippen LogP contribution in [-0.2, 0) is 4.79 Å². The molecule has 0 spiro atoms. The second kappa shape index (κ2) is 4.04. The third-order valence-electron chi connectivity index (χ3n) is 3.04. The van der Waals surface area contributed by atoms with Crippen molar-refractivity contribution in [2.75, 3.05) is 11.1 Å². The Labute approximate surface area is 94.5 Å². The lowest BCUT2D eigenvalue weighted by Crippen LogP contribution is -2.22. The van der Waals surface area contributed by atoms with Gasteiger partial charge in [-0.25, -0.2) is 0 Å². The monoisotopic (exact) mass is 220 g/mol. The first-order valence-corrected chi connectivity index (χ1v) is 5.47. The molecule has 4 N–H and O–H groups in total. The fourth-order valence-electron chi connectivity index (χ4n) is 1.72. The van der Waals surface area contributed by atoms with Gasteiger partial charge in [-0.3, -0.25) is 4.79 Å². The number of nitrogens with two attached hydrogens (primary N) is 1. The Hall–Kier alpha value is -1.71. The summed E-state index contributed by atoms with van der Waals surface area (Å²) in [6, 6.07) is 4.55. The molecule has 1 fully saturated rings. The van der Waals surface area contributed by atoms with Crippen molar-refractivity contribution in [1.29, 1.82) is 0 Å². The summed E-state index contributed by atoms with van der Waals surface area (Å²) >= 11 is 0. The lowest BCUT2D eigenvalue weighted by atomic mass is 10.1. The maximum Gasteiger partial charge on any atom is 0.227 e. The predicted molar refractivity (Wildman–Crippen MR) is 63.0 cm³/mol. The molecular weight excluding hydrogens is 204 g/mol. The molecule has 0 aliphatic heterocycles. The summed E-state index contributed by atoms with van der Waals surface area (Å²) in [5.41, 5.74) is 6.64. The molecule has 4 heteroatoms. The lowest BCUT2D eigenvalue weighted by molar-refractivity contribution is -0.119. The number of carbonyl (C=O) groups excluding carboxylic acids is 1. The molecule has 1 aliphatic carbocycles. The average Bonchev–Trinajstić information content (AvgIpc) is 3.04. The average molecular weight is 220 g/mol. The Morgan fingerprint density at radius 2 is 2.25 bits per heavy atom. The van der Waals surface area contributed by atoms with Crippen LogP contribution in [0.15, 0.2) is 18.2 Å². The molecule has 0 bridgehead atoms. The number of phenols is 1. The van der Waals surface area contributed by atoms with Gasteiger partial charge in [0.15, 0.2) is 0 Å². The van der Waals surface area contributed by atoms with Gasteiger partial charge in [0.2, 0.25) is 5.91 Å². The van der Waals surface area contributed by atoms with E-state index in [1.54, 1.807) is 6.07 Å². The van der Waals surface area contributed by atoms with Crippen molar-refractivity contribution in [3.63, 3.8) is 0 Å². The number of aromatic hydroxyl groups is 1. The molecule has 1 unspecified atom stereocenters. The van der Waals surface area contributed by atoms with Crippen molar-refractivity contribution in [2.45, 2.75) is 19.8 Å². The van der Waals surface area contributed by atoms with E-state index in [-0.39, 0.29) is 17.6 Å². The van der Waals surface area contributed by atoms with E-state index in [2.05, 4.69) is 5.32 Å². The number of benzene rings is 1. The molecule has 16 heavy (non-hydrogen) atoms. The van der Waals surface area contributed by atoms with Crippen molar-refractivity contribution in [3.05, 3.63) is 18.2 Å².